The minimum atomic E-state index is -1.01. The lowest BCUT2D eigenvalue weighted by molar-refractivity contribution is -0.148. The van der Waals surface area contributed by atoms with Crippen LogP contribution in [0.4, 0.5) is 0 Å². The van der Waals surface area contributed by atoms with Gasteiger partial charge in [0.15, 0.2) is 0 Å². The Kier molecular flexibility index (Phi) is 5.00. The fourth-order valence-electron chi connectivity index (χ4n) is 1.17. The van der Waals surface area contributed by atoms with Crippen LogP contribution in [0.15, 0.2) is 24.3 Å². The van der Waals surface area contributed by atoms with Gasteiger partial charge in [0.05, 0.1) is 20.0 Å². The topological polar surface area (TPSA) is 72.8 Å². The van der Waals surface area contributed by atoms with Gasteiger partial charge >= 0.3 is 11.9 Å². The summed E-state index contributed by atoms with van der Waals surface area (Å²) in [5.74, 6) is -0.791. The van der Waals surface area contributed by atoms with Gasteiger partial charge in [-0.25, -0.2) is 0 Å². The molecular weight excluding hydrogens is 224 g/mol. The van der Waals surface area contributed by atoms with E-state index in [0.29, 0.717) is 0 Å². The predicted octanol–water partition coefficient (Wildman–Crippen LogP) is 1.60. The molecule has 1 aromatic carbocycles. The first-order chi connectivity index (χ1) is 8.11. The number of methoxy groups -OCH3 is 1. The molecule has 0 heterocycles. The van der Waals surface area contributed by atoms with Crippen molar-refractivity contribution in [2.45, 2.75) is 19.4 Å². The van der Waals surface area contributed by atoms with Gasteiger partial charge in [-0.2, -0.15) is 0 Å². The van der Waals surface area contributed by atoms with Crippen molar-refractivity contribution in [3.63, 3.8) is 0 Å². The lowest BCUT2D eigenvalue weighted by Gasteiger charge is -2.05. The largest absolute Gasteiger partial charge is 0.497 e. The Balaban J connectivity index is 2.34. The third-order valence-corrected chi connectivity index (χ3v) is 2.10. The second kappa shape index (κ2) is 6.52. The number of rotatable bonds is 6. The first-order valence-electron chi connectivity index (χ1n) is 5.12. The van der Waals surface area contributed by atoms with Crippen LogP contribution in [-0.4, -0.2) is 24.2 Å². The number of aliphatic carboxylic acids is 1. The molecule has 17 heavy (non-hydrogen) atoms. The van der Waals surface area contributed by atoms with Crippen molar-refractivity contribution in [3.8, 4) is 5.75 Å². The molecule has 1 N–H and O–H groups in total. The summed E-state index contributed by atoms with van der Waals surface area (Å²) in [6.07, 6.45) is -0.313. The fourth-order valence-corrected chi connectivity index (χ4v) is 1.17. The zero-order valence-corrected chi connectivity index (χ0v) is 9.51. The smallest absolute Gasteiger partial charge is 0.306 e. The molecule has 1 aromatic rings. The van der Waals surface area contributed by atoms with Gasteiger partial charge in [0, 0.05) is 0 Å². The number of ether oxygens (including phenoxy) is 2. The van der Waals surface area contributed by atoms with E-state index in [0.717, 1.165) is 11.3 Å². The molecule has 0 amide bonds. The van der Waals surface area contributed by atoms with Crippen LogP contribution in [0.3, 0.4) is 0 Å². The van der Waals surface area contributed by atoms with E-state index in [9.17, 15) is 9.59 Å². The summed E-state index contributed by atoms with van der Waals surface area (Å²) in [7, 11) is 1.57. The highest BCUT2D eigenvalue weighted by molar-refractivity contribution is 5.76. The van der Waals surface area contributed by atoms with E-state index in [-0.39, 0.29) is 19.4 Å². The Hall–Kier alpha value is -2.04. The third kappa shape index (κ3) is 5.01. The molecule has 0 radical (unpaired) electrons. The number of carbonyl (C=O) groups is 2. The zero-order chi connectivity index (χ0) is 12.7. The molecule has 1 rings (SSSR count). The van der Waals surface area contributed by atoms with Crippen LogP contribution in [0.1, 0.15) is 18.4 Å². The van der Waals surface area contributed by atoms with Crippen molar-refractivity contribution in [1.29, 1.82) is 0 Å². The van der Waals surface area contributed by atoms with Gasteiger partial charge in [-0.1, -0.05) is 12.1 Å². The Labute approximate surface area is 99.0 Å². The summed E-state index contributed by atoms with van der Waals surface area (Å²) in [5, 5.41) is 8.38. The van der Waals surface area contributed by atoms with E-state index in [1.54, 1.807) is 31.4 Å². The second-order valence-electron chi connectivity index (χ2n) is 3.40. The number of carbonyl (C=O) groups excluding carboxylic acids is 1. The molecular formula is C12H14O5. The van der Waals surface area contributed by atoms with Crippen LogP contribution in [0, 0.1) is 0 Å². The van der Waals surface area contributed by atoms with Gasteiger partial charge in [-0.15, -0.1) is 0 Å². The SMILES string of the molecule is COc1ccc(COC(=O)CCC(=O)O)cc1. The molecule has 0 spiro atoms. The third-order valence-electron chi connectivity index (χ3n) is 2.10. The normalized spacial score (nSPS) is 9.71. The lowest BCUT2D eigenvalue weighted by atomic mass is 10.2. The summed E-state index contributed by atoms with van der Waals surface area (Å²) in [6.45, 7) is 0.141. The second-order valence-corrected chi connectivity index (χ2v) is 3.40. The molecule has 0 aliphatic carbocycles. The van der Waals surface area contributed by atoms with E-state index in [4.69, 9.17) is 14.6 Å². The first-order valence-corrected chi connectivity index (χ1v) is 5.12. The van der Waals surface area contributed by atoms with Crippen molar-refractivity contribution in [1.82, 2.24) is 0 Å². The lowest BCUT2D eigenvalue weighted by Crippen LogP contribution is -2.07. The minimum absolute atomic E-state index is 0.106. The van der Waals surface area contributed by atoms with Crippen molar-refractivity contribution in [2.75, 3.05) is 7.11 Å². The molecule has 0 aliphatic rings. The van der Waals surface area contributed by atoms with Crippen LogP contribution in [0.25, 0.3) is 0 Å². The van der Waals surface area contributed by atoms with E-state index in [2.05, 4.69) is 0 Å². The van der Waals surface area contributed by atoms with Crippen LogP contribution in [-0.2, 0) is 20.9 Å². The number of esters is 1. The number of carboxylic acid groups (broad SMARTS) is 1. The first kappa shape index (κ1) is 13.0. The molecule has 0 fully saturated rings. The van der Waals surface area contributed by atoms with Gasteiger partial charge in [0.2, 0.25) is 0 Å². The number of carboxylic acids is 1. The summed E-state index contributed by atoms with van der Waals surface area (Å²) in [5.41, 5.74) is 0.828. The number of hydrogen-bond acceptors (Lipinski definition) is 4. The van der Waals surface area contributed by atoms with E-state index >= 15 is 0 Å². The van der Waals surface area contributed by atoms with Crippen LogP contribution >= 0.6 is 0 Å². The monoisotopic (exact) mass is 238 g/mol. The van der Waals surface area contributed by atoms with Crippen molar-refractivity contribution in [3.05, 3.63) is 29.8 Å². The standard InChI is InChI=1S/C12H14O5/c1-16-10-4-2-9(3-5-10)8-17-12(15)7-6-11(13)14/h2-5H,6-8H2,1H3,(H,13,14). The van der Waals surface area contributed by atoms with Gasteiger partial charge in [-0.3, -0.25) is 9.59 Å². The highest BCUT2D eigenvalue weighted by Crippen LogP contribution is 2.12. The van der Waals surface area contributed by atoms with E-state index < -0.39 is 11.9 Å². The predicted molar refractivity (Wildman–Crippen MR) is 59.7 cm³/mol. The highest BCUT2D eigenvalue weighted by Gasteiger charge is 2.06. The van der Waals surface area contributed by atoms with Crippen molar-refractivity contribution < 1.29 is 24.2 Å². The summed E-state index contributed by atoms with van der Waals surface area (Å²) >= 11 is 0. The van der Waals surface area contributed by atoms with Crippen molar-refractivity contribution >= 4 is 11.9 Å². The zero-order valence-electron chi connectivity index (χ0n) is 9.51. The quantitative estimate of drug-likeness (QED) is 0.762. The average molecular weight is 238 g/mol. The van der Waals surface area contributed by atoms with E-state index in [1.807, 2.05) is 0 Å². The van der Waals surface area contributed by atoms with Crippen LogP contribution in [0.2, 0.25) is 0 Å². The summed E-state index contributed by atoms with van der Waals surface area (Å²) in [6, 6.07) is 7.09. The van der Waals surface area contributed by atoms with Gasteiger partial charge in [0.1, 0.15) is 12.4 Å². The summed E-state index contributed by atoms with van der Waals surface area (Å²) in [4.78, 5) is 21.4. The van der Waals surface area contributed by atoms with Crippen molar-refractivity contribution in [2.24, 2.45) is 0 Å². The maximum absolute atomic E-state index is 11.1. The number of benzene rings is 1. The van der Waals surface area contributed by atoms with E-state index in [1.165, 1.54) is 0 Å². The molecule has 92 valence electrons. The maximum Gasteiger partial charge on any atom is 0.306 e. The van der Waals surface area contributed by atoms with Gasteiger partial charge in [-0.05, 0) is 17.7 Å². The van der Waals surface area contributed by atoms with Crippen LogP contribution < -0.4 is 4.74 Å². The highest BCUT2D eigenvalue weighted by atomic mass is 16.5. The molecule has 5 heteroatoms. The fraction of sp³-hybridized carbons (Fsp3) is 0.333. The average Bonchev–Trinajstić information content (AvgIpc) is 2.34. The molecule has 0 atom stereocenters. The van der Waals surface area contributed by atoms with Gasteiger partial charge < -0.3 is 14.6 Å². The minimum Gasteiger partial charge on any atom is -0.497 e. The molecule has 0 aliphatic heterocycles. The Morgan fingerprint density at radius 1 is 1.18 bits per heavy atom. The Morgan fingerprint density at radius 3 is 2.35 bits per heavy atom. The Morgan fingerprint density at radius 2 is 1.82 bits per heavy atom. The van der Waals surface area contributed by atoms with Gasteiger partial charge in [0.25, 0.3) is 0 Å². The Bertz CT molecular complexity index is 382. The molecule has 0 saturated carbocycles. The summed E-state index contributed by atoms with van der Waals surface area (Å²) < 4.78 is 9.90. The maximum atomic E-state index is 11.1. The molecule has 0 bridgehead atoms. The molecule has 0 unspecified atom stereocenters. The molecule has 5 nitrogen and oxygen atoms in total. The number of hydrogen-bond donors (Lipinski definition) is 1. The molecule has 0 aromatic heterocycles. The van der Waals surface area contributed by atoms with Crippen LogP contribution in [0.5, 0.6) is 5.75 Å². The molecule has 0 saturated heterocycles.